The summed E-state index contributed by atoms with van der Waals surface area (Å²) < 4.78 is 40.2. The summed E-state index contributed by atoms with van der Waals surface area (Å²) in [4.78, 5) is 12.0. The molecule has 1 aliphatic carbocycles. The summed E-state index contributed by atoms with van der Waals surface area (Å²) in [6.45, 7) is 1.17. The minimum Gasteiger partial charge on any atom is -0.384 e. The third-order valence-electron chi connectivity index (χ3n) is 4.47. The molecule has 7 heteroatoms. The van der Waals surface area contributed by atoms with Gasteiger partial charge in [-0.3, -0.25) is 4.79 Å². The number of nitrogens with one attached hydrogen (secondary N) is 1. The van der Waals surface area contributed by atoms with E-state index in [0.717, 1.165) is 12.8 Å². The molecule has 0 amide bonds. The van der Waals surface area contributed by atoms with E-state index in [1.54, 1.807) is 0 Å². The number of carbonyl (C=O) groups excluding carboxylic acids is 1. The molecule has 0 aromatic heterocycles. The number of ketones is 1. The van der Waals surface area contributed by atoms with E-state index in [2.05, 4.69) is 4.72 Å². The number of Topliss-reactive ketones (excluding diaryl/α,β-unsaturated/α-hetero) is 1. The first kappa shape index (κ1) is 18.7. The smallest absolute Gasteiger partial charge is 0.240 e. The van der Waals surface area contributed by atoms with Gasteiger partial charge in [0, 0.05) is 18.0 Å². The molecule has 1 atom stereocenters. The molecule has 1 saturated carbocycles. The van der Waals surface area contributed by atoms with Gasteiger partial charge in [-0.05, 0) is 49.6 Å². The maximum absolute atomic E-state index is 13.0. The van der Waals surface area contributed by atoms with Crippen molar-refractivity contribution in [3.8, 4) is 0 Å². The first-order valence-corrected chi connectivity index (χ1v) is 9.80. The van der Waals surface area contributed by atoms with Crippen molar-refractivity contribution in [3.05, 3.63) is 65.5 Å². The summed E-state index contributed by atoms with van der Waals surface area (Å²) in [7, 11) is -3.85. The largest absolute Gasteiger partial charge is 0.384 e. The molecule has 5 nitrogen and oxygen atoms in total. The predicted octanol–water partition coefficient (Wildman–Crippen LogP) is 2.60. The highest BCUT2D eigenvalue weighted by Crippen LogP contribution is 2.32. The zero-order valence-electron chi connectivity index (χ0n) is 14.3. The first-order chi connectivity index (χ1) is 12.2. The Morgan fingerprint density at radius 2 is 1.73 bits per heavy atom. The third kappa shape index (κ3) is 4.17. The van der Waals surface area contributed by atoms with Crippen LogP contribution >= 0.6 is 0 Å². The van der Waals surface area contributed by atoms with Crippen LogP contribution in [0.25, 0.3) is 0 Å². The lowest BCUT2D eigenvalue weighted by atomic mass is 9.96. The molecular weight excluding hydrogens is 357 g/mol. The monoisotopic (exact) mass is 377 g/mol. The van der Waals surface area contributed by atoms with Crippen LogP contribution in [0.1, 0.15) is 35.7 Å². The highest BCUT2D eigenvalue weighted by molar-refractivity contribution is 7.89. The topological polar surface area (TPSA) is 83.5 Å². The van der Waals surface area contributed by atoms with Crippen LogP contribution in [-0.2, 0) is 15.6 Å². The van der Waals surface area contributed by atoms with Crippen molar-refractivity contribution < 1.29 is 22.7 Å². The first-order valence-electron chi connectivity index (χ1n) is 8.31. The van der Waals surface area contributed by atoms with Gasteiger partial charge >= 0.3 is 0 Å². The highest BCUT2D eigenvalue weighted by atomic mass is 32.2. The van der Waals surface area contributed by atoms with Gasteiger partial charge in [-0.25, -0.2) is 17.5 Å². The molecule has 1 fully saturated rings. The lowest BCUT2D eigenvalue weighted by Crippen LogP contribution is -2.38. The van der Waals surface area contributed by atoms with E-state index in [9.17, 15) is 22.7 Å². The lowest BCUT2D eigenvalue weighted by Gasteiger charge is -2.24. The quantitative estimate of drug-likeness (QED) is 0.727. The number of aliphatic hydroxyl groups is 1. The standard InChI is InChI=1S/C19H20FNO4S/c1-19(23,15-6-8-16(20)9-7-15)12-21-26(24,25)17-10-4-14(5-11-17)18(22)13-2-3-13/h4-11,13,21,23H,2-3,12H2,1H3. The van der Waals surface area contributed by atoms with Gasteiger partial charge in [-0.2, -0.15) is 0 Å². The highest BCUT2D eigenvalue weighted by Gasteiger charge is 2.31. The molecule has 1 unspecified atom stereocenters. The van der Waals surface area contributed by atoms with E-state index >= 15 is 0 Å². The van der Waals surface area contributed by atoms with E-state index in [4.69, 9.17) is 0 Å². The minimum atomic E-state index is -3.85. The van der Waals surface area contributed by atoms with Gasteiger partial charge in [-0.1, -0.05) is 24.3 Å². The predicted molar refractivity (Wildman–Crippen MR) is 94.7 cm³/mol. The summed E-state index contributed by atoms with van der Waals surface area (Å²) in [5.74, 6) is -0.325. The van der Waals surface area contributed by atoms with Crippen LogP contribution in [0.2, 0.25) is 0 Å². The van der Waals surface area contributed by atoms with E-state index in [-0.39, 0.29) is 23.1 Å². The minimum absolute atomic E-state index is 0.0137. The van der Waals surface area contributed by atoms with Crippen LogP contribution in [-0.4, -0.2) is 25.9 Å². The number of halogens is 1. The fraction of sp³-hybridized carbons (Fsp3) is 0.316. The average molecular weight is 377 g/mol. The molecule has 26 heavy (non-hydrogen) atoms. The van der Waals surface area contributed by atoms with E-state index in [1.807, 2.05) is 0 Å². The van der Waals surface area contributed by atoms with Crippen molar-refractivity contribution in [2.45, 2.75) is 30.3 Å². The SMILES string of the molecule is CC(O)(CNS(=O)(=O)c1ccc(C(=O)C2CC2)cc1)c1ccc(F)cc1. The molecule has 3 rings (SSSR count). The molecule has 1 aliphatic rings. The second-order valence-corrected chi connectivity index (χ2v) is 8.54. The number of carbonyl (C=O) groups is 1. The fourth-order valence-electron chi connectivity index (χ4n) is 2.61. The van der Waals surface area contributed by atoms with Gasteiger partial charge in [0.2, 0.25) is 10.0 Å². The summed E-state index contributed by atoms with van der Waals surface area (Å²) >= 11 is 0. The maximum atomic E-state index is 13.0. The zero-order chi connectivity index (χ0) is 18.9. The van der Waals surface area contributed by atoms with Crippen molar-refractivity contribution in [2.24, 2.45) is 5.92 Å². The van der Waals surface area contributed by atoms with Gasteiger partial charge in [0.15, 0.2) is 5.78 Å². The zero-order valence-corrected chi connectivity index (χ0v) is 15.1. The number of hydrogen-bond donors (Lipinski definition) is 2. The number of rotatable bonds is 7. The Morgan fingerprint density at radius 1 is 1.15 bits per heavy atom. The van der Waals surface area contributed by atoms with Gasteiger partial charge in [0.1, 0.15) is 11.4 Å². The van der Waals surface area contributed by atoms with Gasteiger partial charge < -0.3 is 5.11 Å². The van der Waals surface area contributed by atoms with Crippen molar-refractivity contribution >= 4 is 15.8 Å². The molecular formula is C19H20FNO4S. The summed E-state index contributed by atoms with van der Waals surface area (Å²) in [6, 6.07) is 11.0. The lowest BCUT2D eigenvalue weighted by molar-refractivity contribution is 0.0627. The molecule has 0 heterocycles. The molecule has 2 N–H and O–H groups in total. The van der Waals surface area contributed by atoms with E-state index in [0.29, 0.717) is 11.1 Å². The van der Waals surface area contributed by atoms with Crippen molar-refractivity contribution in [3.63, 3.8) is 0 Å². The summed E-state index contributed by atoms with van der Waals surface area (Å²) in [5.41, 5.74) is -0.598. The molecule has 0 aliphatic heterocycles. The average Bonchev–Trinajstić information content (AvgIpc) is 3.45. The number of hydrogen-bond acceptors (Lipinski definition) is 4. The molecule has 2 aromatic carbocycles. The van der Waals surface area contributed by atoms with Gasteiger partial charge in [-0.15, -0.1) is 0 Å². The molecule has 0 spiro atoms. The van der Waals surface area contributed by atoms with Crippen molar-refractivity contribution in [1.82, 2.24) is 4.72 Å². The maximum Gasteiger partial charge on any atom is 0.240 e. The van der Waals surface area contributed by atoms with Crippen LogP contribution in [0, 0.1) is 11.7 Å². The Morgan fingerprint density at radius 3 is 2.27 bits per heavy atom. The normalized spacial score (nSPS) is 16.9. The number of sulfonamides is 1. The number of benzene rings is 2. The second kappa shape index (κ2) is 6.90. The van der Waals surface area contributed by atoms with Crippen LogP contribution < -0.4 is 4.72 Å². The Bertz CT molecular complexity index is 902. The van der Waals surface area contributed by atoms with E-state index < -0.39 is 21.4 Å². The Hall–Kier alpha value is -2.09. The molecule has 138 valence electrons. The van der Waals surface area contributed by atoms with Crippen LogP contribution in [0.15, 0.2) is 53.4 Å². The third-order valence-corrected chi connectivity index (χ3v) is 5.89. The van der Waals surface area contributed by atoms with Crippen LogP contribution in [0.5, 0.6) is 0 Å². The van der Waals surface area contributed by atoms with Gasteiger partial charge in [0.25, 0.3) is 0 Å². The summed E-state index contributed by atoms with van der Waals surface area (Å²) in [6.07, 6.45) is 1.78. The summed E-state index contributed by atoms with van der Waals surface area (Å²) in [5, 5.41) is 10.5. The Labute approximate surface area is 151 Å². The molecule has 0 radical (unpaired) electrons. The van der Waals surface area contributed by atoms with Crippen LogP contribution in [0.3, 0.4) is 0 Å². The molecule has 0 saturated heterocycles. The van der Waals surface area contributed by atoms with Crippen molar-refractivity contribution in [2.75, 3.05) is 6.54 Å². The second-order valence-electron chi connectivity index (χ2n) is 6.77. The Kier molecular flexibility index (Phi) is 4.96. The Balaban J connectivity index is 1.70. The fourth-order valence-corrected chi connectivity index (χ4v) is 3.74. The van der Waals surface area contributed by atoms with Gasteiger partial charge in [0.05, 0.1) is 4.90 Å². The molecule has 2 aromatic rings. The van der Waals surface area contributed by atoms with Crippen molar-refractivity contribution in [1.29, 1.82) is 0 Å². The molecule has 0 bridgehead atoms. The van der Waals surface area contributed by atoms with E-state index in [1.165, 1.54) is 55.5 Å². The van der Waals surface area contributed by atoms with Crippen LogP contribution in [0.4, 0.5) is 4.39 Å².